The average molecular weight is 410 g/mol. The highest BCUT2D eigenvalue weighted by Gasteiger charge is 2.18. The molecule has 2 aromatic carbocycles. The number of hydrogen-bond donors (Lipinski definition) is 2. The van der Waals surface area contributed by atoms with E-state index in [0.29, 0.717) is 38.6 Å². The number of nitrogens with one attached hydrogen (secondary N) is 2. The monoisotopic (exact) mass is 409 g/mol. The molecule has 0 bridgehead atoms. The zero-order chi connectivity index (χ0) is 20.5. The van der Waals surface area contributed by atoms with Gasteiger partial charge in [0.2, 0.25) is 0 Å². The SMILES string of the molecule is COC(=O)c1n[nH]c2ccc(NC(=O)c3cnn(-c4ccccc4Cl)c3C)cc12. The average Bonchev–Trinajstić information content (AvgIpc) is 3.31. The molecule has 0 radical (unpaired) electrons. The number of aromatic amines is 1. The minimum atomic E-state index is -0.559. The number of halogens is 1. The van der Waals surface area contributed by atoms with Gasteiger partial charge in [-0.3, -0.25) is 9.89 Å². The van der Waals surface area contributed by atoms with Crippen LogP contribution in [0.3, 0.4) is 0 Å². The number of aromatic nitrogens is 4. The van der Waals surface area contributed by atoms with Crippen LogP contribution in [0.15, 0.2) is 48.7 Å². The summed E-state index contributed by atoms with van der Waals surface area (Å²) in [4.78, 5) is 24.6. The van der Waals surface area contributed by atoms with Crippen molar-refractivity contribution < 1.29 is 14.3 Å². The summed E-state index contributed by atoms with van der Waals surface area (Å²) < 4.78 is 6.35. The number of para-hydroxylation sites is 1. The van der Waals surface area contributed by atoms with Gasteiger partial charge in [0.1, 0.15) is 0 Å². The Morgan fingerprint density at radius 1 is 1.21 bits per heavy atom. The molecule has 9 heteroatoms. The molecule has 4 rings (SSSR count). The van der Waals surface area contributed by atoms with Crippen molar-refractivity contribution in [3.05, 3.63) is 70.6 Å². The summed E-state index contributed by atoms with van der Waals surface area (Å²) in [6, 6.07) is 12.4. The third-order valence-corrected chi connectivity index (χ3v) is 4.85. The molecule has 0 saturated carbocycles. The number of ether oxygens (including phenoxy) is 1. The third kappa shape index (κ3) is 3.34. The number of anilines is 1. The molecule has 0 aliphatic rings. The van der Waals surface area contributed by atoms with Crippen molar-refractivity contribution in [1.29, 1.82) is 0 Å². The summed E-state index contributed by atoms with van der Waals surface area (Å²) in [6.45, 7) is 1.79. The van der Waals surface area contributed by atoms with Gasteiger partial charge in [0, 0.05) is 11.1 Å². The van der Waals surface area contributed by atoms with Crippen LogP contribution in [0, 0.1) is 6.92 Å². The van der Waals surface area contributed by atoms with Gasteiger partial charge in [-0.25, -0.2) is 9.48 Å². The Labute approximate surface area is 170 Å². The van der Waals surface area contributed by atoms with Crippen molar-refractivity contribution in [2.75, 3.05) is 12.4 Å². The number of H-pyrrole nitrogens is 1. The van der Waals surface area contributed by atoms with Crippen molar-refractivity contribution >= 4 is 40.1 Å². The highest BCUT2D eigenvalue weighted by Crippen LogP contribution is 2.24. The van der Waals surface area contributed by atoms with Gasteiger partial charge < -0.3 is 10.1 Å². The summed E-state index contributed by atoms with van der Waals surface area (Å²) in [5, 5.41) is 14.9. The number of fused-ring (bicyclic) bond motifs is 1. The molecule has 0 fully saturated rings. The predicted molar refractivity (Wildman–Crippen MR) is 109 cm³/mol. The van der Waals surface area contributed by atoms with Crippen molar-refractivity contribution in [2.24, 2.45) is 0 Å². The molecule has 2 N–H and O–H groups in total. The maximum absolute atomic E-state index is 12.8. The maximum Gasteiger partial charge on any atom is 0.359 e. The lowest BCUT2D eigenvalue weighted by atomic mass is 10.1. The number of carbonyl (C=O) groups is 2. The van der Waals surface area contributed by atoms with Gasteiger partial charge in [0.15, 0.2) is 5.69 Å². The summed E-state index contributed by atoms with van der Waals surface area (Å²) in [7, 11) is 1.29. The lowest BCUT2D eigenvalue weighted by Gasteiger charge is -2.08. The van der Waals surface area contributed by atoms with Crippen LogP contribution in [0.25, 0.3) is 16.6 Å². The molecule has 0 aliphatic heterocycles. The summed E-state index contributed by atoms with van der Waals surface area (Å²) in [5.41, 5.74) is 3.07. The molecule has 0 saturated heterocycles. The number of benzene rings is 2. The third-order valence-electron chi connectivity index (χ3n) is 4.53. The van der Waals surface area contributed by atoms with Crippen molar-refractivity contribution in [1.82, 2.24) is 20.0 Å². The Kier molecular flexibility index (Phi) is 4.77. The van der Waals surface area contributed by atoms with Gasteiger partial charge in [0.25, 0.3) is 5.91 Å². The number of amides is 1. The first kappa shape index (κ1) is 18.7. The van der Waals surface area contributed by atoms with E-state index in [-0.39, 0.29) is 11.6 Å². The van der Waals surface area contributed by atoms with E-state index in [9.17, 15) is 9.59 Å². The fraction of sp³-hybridized carbons (Fsp3) is 0.100. The van der Waals surface area contributed by atoms with Crippen LogP contribution in [0.1, 0.15) is 26.5 Å². The molecule has 2 aromatic heterocycles. The second-order valence-corrected chi connectivity index (χ2v) is 6.69. The summed E-state index contributed by atoms with van der Waals surface area (Å²) in [5.74, 6) is -0.889. The van der Waals surface area contributed by atoms with E-state index >= 15 is 0 Å². The molecule has 0 unspecified atom stereocenters. The first-order valence-corrected chi connectivity index (χ1v) is 9.04. The lowest BCUT2D eigenvalue weighted by molar-refractivity contribution is 0.0596. The van der Waals surface area contributed by atoms with E-state index in [0.717, 1.165) is 0 Å². The van der Waals surface area contributed by atoms with Gasteiger partial charge in [-0.1, -0.05) is 23.7 Å². The van der Waals surface area contributed by atoms with Gasteiger partial charge >= 0.3 is 5.97 Å². The lowest BCUT2D eigenvalue weighted by Crippen LogP contribution is -2.13. The number of rotatable bonds is 4. The van der Waals surface area contributed by atoms with E-state index in [2.05, 4.69) is 20.6 Å². The molecule has 146 valence electrons. The van der Waals surface area contributed by atoms with E-state index in [4.69, 9.17) is 16.3 Å². The molecule has 2 heterocycles. The second-order valence-electron chi connectivity index (χ2n) is 6.29. The Bertz CT molecular complexity index is 1240. The molecule has 1 amide bonds. The molecule has 0 atom stereocenters. The Hall–Kier alpha value is -3.65. The number of nitrogens with zero attached hydrogens (tertiary/aromatic N) is 3. The molecular weight excluding hydrogens is 394 g/mol. The fourth-order valence-corrected chi connectivity index (χ4v) is 3.26. The van der Waals surface area contributed by atoms with Crippen LogP contribution < -0.4 is 5.32 Å². The first-order chi connectivity index (χ1) is 14.0. The highest BCUT2D eigenvalue weighted by molar-refractivity contribution is 6.32. The van der Waals surface area contributed by atoms with E-state index in [1.807, 2.05) is 18.2 Å². The van der Waals surface area contributed by atoms with Crippen LogP contribution in [0.2, 0.25) is 5.02 Å². The van der Waals surface area contributed by atoms with Crippen LogP contribution in [-0.4, -0.2) is 39.0 Å². The predicted octanol–water partition coefficient (Wildman–Crippen LogP) is 3.75. The zero-order valence-corrected chi connectivity index (χ0v) is 16.3. The minimum absolute atomic E-state index is 0.154. The van der Waals surface area contributed by atoms with E-state index in [1.165, 1.54) is 13.3 Å². The maximum atomic E-state index is 12.8. The van der Waals surface area contributed by atoms with Crippen molar-refractivity contribution in [2.45, 2.75) is 6.92 Å². The van der Waals surface area contributed by atoms with Crippen LogP contribution in [-0.2, 0) is 4.74 Å². The number of methoxy groups -OCH3 is 1. The molecule has 8 nitrogen and oxygen atoms in total. The smallest absolute Gasteiger partial charge is 0.359 e. The summed E-state index contributed by atoms with van der Waals surface area (Å²) in [6.07, 6.45) is 1.49. The fourth-order valence-electron chi connectivity index (χ4n) is 3.04. The molecular formula is C20H16ClN5O3. The van der Waals surface area contributed by atoms with Gasteiger partial charge in [-0.05, 0) is 37.3 Å². The Morgan fingerprint density at radius 3 is 2.76 bits per heavy atom. The first-order valence-electron chi connectivity index (χ1n) is 8.67. The quantitative estimate of drug-likeness (QED) is 0.500. The number of esters is 1. The molecule has 0 aliphatic carbocycles. The molecule has 29 heavy (non-hydrogen) atoms. The largest absolute Gasteiger partial charge is 0.464 e. The number of carbonyl (C=O) groups excluding carboxylic acids is 2. The van der Waals surface area contributed by atoms with Crippen LogP contribution in [0.5, 0.6) is 0 Å². The topological polar surface area (TPSA) is 102 Å². The van der Waals surface area contributed by atoms with Gasteiger partial charge in [-0.15, -0.1) is 0 Å². The standard InChI is InChI=1S/C20H16ClN5O3/c1-11-14(10-22-26(11)17-6-4-3-5-15(17)21)19(27)23-12-7-8-16-13(9-12)18(25-24-16)20(28)29-2/h3-10H,1-2H3,(H,23,27)(H,24,25). The minimum Gasteiger partial charge on any atom is -0.464 e. The van der Waals surface area contributed by atoms with Gasteiger partial charge in [0.05, 0.1) is 40.8 Å². The van der Waals surface area contributed by atoms with E-state index < -0.39 is 5.97 Å². The Balaban J connectivity index is 1.63. The van der Waals surface area contributed by atoms with Crippen molar-refractivity contribution in [3.63, 3.8) is 0 Å². The van der Waals surface area contributed by atoms with Crippen molar-refractivity contribution in [3.8, 4) is 5.69 Å². The normalized spacial score (nSPS) is 10.9. The van der Waals surface area contributed by atoms with Crippen LogP contribution >= 0.6 is 11.6 Å². The zero-order valence-electron chi connectivity index (χ0n) is 15.6. The summed E-state index contributed by atoms with van der Waals surface area (Å²) >= 11 is 6.24. The number of hydrogen-bond acceptors (Lipinski definition) is 5. The Morgan fingerprint density at radius 2 is 2.00 bits per heavy atom. The molecule has 4 aromatic rings. The molecule has 0 spiro atoms. The van der Waals surface area contributed by atoms with E-state index in [1.54, 1.807) is 35.9 Å². The van der Waals surface area contributed by atoms with Crippen LogP contribution in [0.4, 0.5) is 5.69 Å². The second kappa shape index (κ2) is 7.40. The highest BCUT2D eigenvalue weighted by atomic mass is 35.5. The van der Waals surface area contributed by atoms with Gasteiger partial charge in [-0.2, -0.15) is 10.2 Å².